The number of rotatable bonds is 2. The summed E-state index contributed by atoms with van der Waals surface area (Å²) in [5.74, 6) is -0.906. The van der Waals surface area contributed by atoms with Gasteiger partial charge in [-0.2, -0.15) is 5.26 Å². The van der Waals surface area contributed by atoms with E-state index in [2.05, 4.69) is 6.07 Å². The lowest BCUT2D eigenvalue weighted by Gasteiger charge is -2.52. The van der Waals surface area contributed by atoms with Crippen molar-refractivity contribution < 1.29 is 9.59 Å². The van der Waals surface area contributed by atoms with Crippen molar-refractivity contribution in [3.8, 4) is 6.07 Å². The molecule has 0 aliphatic heterocycles. The zero-order valence-corrected chi connectivity index (χ0v) is 15.5. The van der Waals surface area contributed by atoms with Gasteiger partial charge < -0.3 is 0 Å². The molecule has 3 saturated carbocycles. The van der Waals surface area contributed by atoms with Crippen LogP contribution in [0.2, 0.25) is 0 Å². The van der Waals surface area contributed by atoms with E-state index < -0.39 is 22.2 Å². The Morgan fingerprint density at radius 2 is 1.41 bits per heavy atom. The van der Waals surface area contributed by atoms with Gasteiger partial charge in [0.25, 0.3) is 0 Å². The molecule has 27 heavy (non-hydrogen) atoms. The lowest BCUT2D eigenvalue weighted by molar-refractivity contribution is -0.162. The quantitative estimate of drug-likeness (QED) is 0.820. The summed E-state index contributed by atoms with van der Waals surface area (Å²) in [6.45, 7) is 3.84. The molecule has 0 aromatic heterocycles. The molecule has 3 heteroatoms. The van der Waals surface area contributed by atoms with E-state index >= 15 is 0 Å². The fraction of sp³-hybridized carbons (Fsp3) is 0.375. The normalized spacial score (nSPS) is 38.2. The molecule has 0 saturated heterocycles. The van der Waals surface area contributed by atoms with Crippen LogP contribution >= 0.6 is 0 Å². The Morgan fingerprint density at radius 1 is 0.889 bits per heavy atom. The number of nitrogens with zero attached hydrogens (tertiary/aromatic N) is 1. The van der Waals surface area contributed by atoms with Crippen molar-refractivity contribution in [3.63, 3.8) is 0 Å². The highest BCUT2D eigenvalue weighted by atomic mass is 16.2. The Hall–Kier alpha value is -2.73. The second kappa shape index (κ2) is 4.95. The SMILES string of the molecule is C[C@]12C(=O)[C@@H]3[C@@H](C#N)C[C@]3(C)C(=O)[C@H]1C2(c1ccccc1)c1ccccc1. The molecule has 0 N–H and O–H groups in total. The van der Waals surface area contributed by atoms with Crippen molar-refractivity contribution >= 4 is 11.6 Å². The number of carbonyl (C=O) groups excluding carboxylic acids is 2. The largest absolute Gasteiger partial charge is 0.299 e. The second-order valence-electron chi connectivity index (χ2n) is 8.74. The van der Waals surface area contributed by atoms with Crippen molar-refractivity contribution in [1.82, 2.24) is 0 Å². The van der Waals surface area contributed by atoms with E-state index in [0.29, 0.717) is 6.42 Å². The average Bonchev–Trinajstić information content (AvgIpc) is 3.28. The molecule has 0 spiro atoms. The Labute approximate surface area is 159 Å². The molecule has 2 aromatic rings. The Bertz CT molecular complexity index is 966. The van der Waals surface area contributed by atoms with E-state index in [1.54, 1.807) is 0 Å². The van der Waals surface area contributed by atoms with Crippen LogP contribution in [0.1, 0.15) is 31.4 Å². The molecule has 0 amide bonds. The van der Waals surface area contributed by atoms with Gasteiger partial charge in [-0.05, 0) is 17.5 Å². The van der Waals surface area contributed by atoms with Gasteiger partial charge in [-0.25, -0.2) is 0 Å². The maximum atomic E-state index is 13.7. The lowest BCUT2D eigenvalue weighted by Crippen LogP contribution is -2.59. The number of hydrogen-bond donors (Lipinski definition) is 0. The Kier molecular flexibility index (Phi) is 3.02. The van der Waals surface area contributed by atoms with Crippen molar-refractivity contribution in [2.75, 3.05) is 0 Å². The molecular formula is C24H21NO2. The molecule has 0 heterocycles. The van der Waals surface area contributed by atoms with Gasteiger partial charge >= 0.3 is 0 Å². The van der Waals surface area contributed by atoms with Crippen LogP contribution in [0.15, 0.2) is 60.7 Å². The van der Waals surface area contributed by atoms with Crippen molar-refractivity contribution in [3.05, 3.63) is 71.8 Å². The molecule has 3 aliphatic rings. The summed E-state index contributed by atoms with van der Waals surface area (Å²) in [7, 11) is 0. The van der Waals surface area contributed by atoms with E-state index in [9.17, 15) is 14.9 Å². The molecule has 0 unspecified atom stereocenters. The first-order valence-corrected chi connectivity index (χ1v) is 9.53. The number of ketones is 2. The fourth-order valence-corrected chi connectivity index (χ4v) is 6.40. The summed E-state index contributed by atoms with van der Waals surface area (Å²) in [5, 5.41) is 9.48. The molecule has 5 atom stereocenters. The molecule has 0 bridgehead atoms. The number of Topliss-reactive ketones (excluding diaryl/α,β-unsaturated/α-hetero) is 2. The van der Waals surface area contributed by atoms with E-state index in [1.165, 1.54) is 0 Å². The number of nitriles is 1. The summed E-state index contributed by atoms with van der Waals surface area (Å²) in [6, 6.07) is 22.2. The third-order valence-corrected chi connectivity index (χ3v) is 7.72. The van der Waals surface area contributed by atoms with E-state index in [-0.39, 0.29) is 23.4 Å². The predicted molar refractivity (Wildman–Crippen MR) is 101 cm³/mol. The minimum Gasteiger partial charge on any atom is -0.299 e. The van der Waals surface area contributed by atoms with Gasteiger partial charge in [-0.3, -0.25) is 9.59 Å². The summed E-state index contributed by atoms with van der Waals surface area (Å²) in [4.78, 5) is 27.4. The fourth-order valence-electron chi connectivity index (χ4n) is 6.40. The first kappa shape index (κ1) is 16.4. The van der Waals surface area contributed by atoms with E-state index in [4.69, 9.17) is 0 Å². The minimum absolute atomic E-state index is 0.0973. The van der Waals surface area contributed by atoms with Crippen LogP contribution in [0.25, 0.3) is 0 Å². The van der Waals surface area contributed by atoms with Gasteiger partial charge in [0.1, 0.15) is 11.6 Å². The highest BCUT2D eigenvalue weighted by molar-refractivity contribution is 6.13. The summed E-state index contributed by atoms with van der Waals surface area (Å²) in [6.07, 6.45) is 0.505. The van der Waals surface area contributed by atoms with Crippen LogP contribution in [0.3, 0.4) is 0 Å². The van der Waals surface area contributed by atoms with Crippen LogP contribution in [0.5, 0.6) is 0 Å². The minimum atomic E-state index is -0.785. The van der Waals surface area contributed by atoms with Crippen LogP contribution in [0, 0.1) is 39.9 Å². The van der Waals surface area contributed by atoms with Gasteiger partial charge in [0.15, 0.2) is 0 Å². The van der Waals surface area contributed by atoms with Gasteiger partial charge in [-0.15, -0.1) is 0 Å². The molecule has 3 fully saturated rings. The highest BCUT2D eigenvalue weighted by Gasteiger charge is 2.87. The van der Waals surface area contributed by atoms with Crippen LogP contribution in [-0.2, 0) is 15.0 Å². The molecule has 134 valence electrons. The third-order valence-electron chi connectivity index (χ3n) is 7.72. The molecule has 0 radical (unpaired) electrons. The van der Waals surface area contributed by atoms with Gasteiger partial charge in [0.05, 0.1) is 17.4 Å². The topological polar surface area (TPSA) is 57.9 Å². The molecule has 5 rings (SSSR count). The number of fused-ring (bicyclic) bond motifs is 2. The zero-order valence-electron chi connectivity index (χ0n) is 15.5. The van der Waals surface area contributed by atoms with E-state index in [1.807, 2.05) is 74.5 Å². The molecule has 3 aliphatic carbocycles. The highest BCUT2D eigenvalue weighted by Crippen LogP contribution is 2.80. The van der Waals surface area contributed by atoms with Crippen LogP contribution in [0.4, 0.5) is 0 Å². The van der Waals surface area contributed by atoms with Gasteiger partial charge in [-0.1, -0.05) is 74.5 Å². The number of carbonyl (C=O) groups is 2. The molecular weight excluding hydrogens is 334 g/mol. The Balaban J connectivity index is 1.77. The summed E-state index contributed by atoms with van der Waals surface area (Å²) in [5.41, 5.74) is -0.0728. The number of hydrogen-bond acceptors (Lipinski definition) is 3. The van der Waals surface area contributed by atoms with Crippen LogP contribution in [-0.4, -0.2) is 11.6 Å². The maximum absolute atomic E-state index is 13.7. The average molecular weight is 355 g/mol. The van der Waals surface area contributed by atoms with E-state index in [0.717, 1.165) is 11.1 Å². The van der Waals surface area contributed by atoms with Crippen LogP contribution < -0.4 is 0 Å². The first-order chi connectivity index (χ1) is 12.9. The summed E-state index contributed by atoms with van der Waals surface area (Å²) < 4.78 is 0. The smallest absolute Gasteiger partial charge is 0.146 e. The van der Waals surface area contributed by atoms with Crippen molar-refractivity contribution in [2.24, 2.45) is 28.6 Å². The predicted octanol–water partition coefficient (Wildman–Crippen LogP) is 3.93. The third kappa shape index (κ3) is 1.59. The van der Waals surface area contributed by atoms with Crippen molar-refractivity contribution in [1.29, 1.82) is 5.26 Å². The lowest BCUT2D eigenvalue weighted by atomic mass is 9.47. The van der Waals surface area contributed by atoms with Gasteiger partial charge in [0, 0.05) is 22.7 Å². The monoisotopic (exact) mass is 355 g/mol. The van der Waals surface area contributed by atoms with Crippen molar-refractivity contribution in [2.45, 2.75) is 25.7 Å². The second-order valence-corrected chi connectivity index (χ2v) is 8.74. The molecule has 3 nitrogen and oxygen atoms in total. The zero-order chi connectivity index (χ0) is 19.0. The first-order valence-electron chi connectivity index (χ1n) is 9.53. The Morgan fingerprint density at radius 3 is 1.89 bits per heavy atom. The van der Waals surface area contributed by atoms with Gasteiger partial charge in [0.2, 0.25) is 0 Å². The number of benzene rings is 2. The summed E-state index contributed by atoms with van der Waals surface area (Å²) >= 11 is 0. The molecule has 2 aromatic carbocycles. The standard InChI is InChI=1S/C24H21NO2/c1-22-13-15(14-25)18(22)20(26)23(2)19(21(22)27)24(23,16-9-5-3-6-10-16)17-11-7-4-8-12-17/h3-12,15,18-19H,13H2,1-2H3/t15-,18+,19-,22+,23-/m1/s1. The maximum Gasteiger partial charge on any atom is 0.146 e.